The molecule has 14 rings (SSSR count). The number of imidazole rings is 1. The first kappa shape index (κ1) is 54.9. The van der Waals surface area contributed by atoms with Gasteiger partial charge in [0.2, 0.25) is 5.91 Å². The number of amides is 1. The summed E-state index contributed by atoms with van der Waals surface area (Å²) in [5.41, 5.74) is 33.0. The summed E-state index contributed by atoms with van der Waals surface area (Å²) in [6.07, 6.45) is 21.9. The Hall–Kier alpha value is -8.64. The first-order valence-corrected chi connectivity index (χ1v) is 29.4. The third kappa shape index (κ3) is 12.0. The third-order valence-corrected chi connectivity index (χ3v) is 17.4. The Morgan fingerprint density at radius 2 is 1.57 bits per heavy atom. The van der Waals surface area contributed by atoms with E-state index in [0.29, 0.717) is 24.0 Å². The normalized spacial score (nSPS) is 17.3. The van der Waals surface area contributed by atoms with Crippen molar-refractivity contribution in [1.82, 2.24) is 54.3 Å². The number of nitrogens with one attached hydrogen (secondary N) is 4. The van der Waals surface area contributed by atoms with Gasteiger partial charge in [-0.2, -0.15) is 10.2 Å². The SMILES string of the molecule is CC[C@H](C)[C@H](N)C(=O)Nc1ccc2nc(Cc3c[nH]c4ccccc34)[nH]c2c1.Cn1ncc(-c2ccnc(CC3CCC(N)CC3)n2)c1CC1CC1.NC1(c2ccc(-c3nc4ccn5c(=O)[nH]nc5c4cc3-c3ccccc3)cc2)CCC1. The fourth-order valence-electron chi connectivity index (χ4n) is 11.7. The van der Waals surface area contributed by atoms with E-state index in [1.54, 1.807) is 6.20 Å². The second-order valence-corrected chi connectivity index (χ2v) is 23.3. The van der Waals surface area contributed by atoms with Crippen LogP contribution in [0.2, 0.25) is 0 Å². The standard InChI is InChI=1S/C25H21N5O.C22H25N5O.C19H27N5/c26-25(12-4-13-25)18-9-7-17(8-10-18)22-19(16-5-2-1-3-6-16)15-20-21(27-22)11-14-30-23(20)28-29-24(30)31;1-3-13(2)21(23)22(28)25-15-8-9-18-19(11-15)27-20(26-18)10-14-12-24-17-7-5-4-6-16(14)17;1-24-18(10-13-2-3-13)16(12-22-24)17-8-9-21-19(23-17)11-14-4-6-15(20)7-5-14/h1-3,5-11,14-15H,4,12-13,26H2,(H,29,31);4-9,11-13,21,24H,3,10,23H2,1-2H3,(H,25,28)(H,26,27);8-9,12-15H,2-7,10-11,20H2,1H3/t;13-,21-;/m.0./s1. The number of pyridine rings is 2. The number of nitrogens with zero attached hydrogens (tertiary/aromatic N) is 8. The minimum absolute atomic E-state index is 0.138. The van der Waals surface area contributed by atoms with Gasteiger partial charge in [0.1, 0.15) is 11.6 Å². The van der Waals surface area contributed by atoms with Crippen molar-refractivity contribution in [3.05, 3.63) is 179 Å². The number of aryl methyl sites for hydroxylation is 1. The zero-order valence-electron chi connectivity index (χ0n) is 47.5. The molecule has 0 spiro atoms. The highest BCUT2D eigenvalue weighted by Gasteiger charge is 2.34. The predicted octanol–water partition coefficient (Wildman–Crippen LogP) is 11.1. The van der Waals surface area contributed by atoms with E-state index in [0.717, 1.165) is 124 Å². The molecule has 2 atom stereocenters. The minimum Gasteiger partial charge on any atom is -0.361 e. The van der Waals surface area contributed by atoms with Crippen molar-refractivity contribution in [1.29, 1.82) is 0 Å². The number of aromatic amines is 3. The number of hydrogen-bond donors (Lipinski definition) is 7. The molecule has 11 aromatic rings. The molecule has 3 saturated carbocycles. The van der Waals surface area contributed by atoms with E-state index in [4.69, 9.17) is 27.2 Å². The van der Waals surface area contributed by atoms with E-state index in [2.05, 4.69) is 95.1 Å². The summed E-state index contributed by atoms with van der Waals surface area (Å²) < 4.78 is 3.52. The van der Waals surface area contributed by atoms with Crippen LogP contribution >= 0.6 is 0 Å². The number of aromatic nitrogens is 11. The molecule has 7 heterocycles. The Morgan fingerprint density at radius 1 is 0.807 bits per heavy atom. The molecule has 1 amide bonds. The average molecular weight is 1110 g/mol. The largest absolute Gasteiger partial charge is 0.361 e. The Balaban J connectivity index is 0.000000124. The number of nitrogens with two attached hydrogens (primary N) is 3. The summed E-state index contributed by atoms with van der Waals surface area (Å²) in [6, 6.07) is 38.4. The van der Waals surface area contributed by atoms with Gasteiger partial charge in [-0.1, -0.05) is 93.1 Å². The van der Waals surface area contributed by atoms with Crippen molar-refractivity contribution in [2.45, 2.75) is 115 Å². The van der Waals surface area contributed by atoms with Crippen molar-refractivity contribution in [2.75, 3.05) is 5.32 Å². The lowest BCUT2D eigenvalue weighted by Gasteiger charge is -2.38. The lowest BCUT2D eigenvalue weighted by molar-refractivity contribution is -0.118. The Bertz CT molecular complexity index is 4120. The molecular formula is C66H73N15O2. The number of hydrogen-bond acceptors (Lipinski definition) is 11. The maximum absolute atomic E-state index is 12.3. The van der Waals surface area contributed by atoms with Crippen LogP contribution < -0.4 is 28.2 Å². The Kier molecular flexibility index (Phi) is 15.7. The van der Waals surface area contributed by atoms with Gasteiger partial charge in [-0.3, -0.25) is 9.48 Å². The molecule has 3 aliphatic carbocycles. The van der Waals surface area contributed by atoms with Gasteiger partial charge in [0.05, 0.1) is 40.2 Å². The molecule has 17 nitrogen and oxygen atoms in total. The molecular weight excluding hydrogens is 1030 g/mol. The van der Waals surface area contributed by atoms with Crippen LogP contribution in [-0.4, -0.2) is 72.3 Å². The third-order valence-electron chi connectivity index (χ3n) is 17.4. The summed E-state index contributed by atoms with van der Waals surface area (Å²) in [5, 5.41) is 16.1. The van der Waals surface area contributed by atoms with Gasteiger partial charge in [-0.15, -0.1) is 0 Å². The van der Waals surface area contributed by atoms with Crippen molar-refractivity contribution in [3.63, 3.8) is 0 Å². The van der Waals surface area contributed by atoms with Gasteiger partial charge in [0.25, 0.3) is 0 Å². The van der Waals surface area contributed by atoms with E-state index in [1.807, 2.05) is 105 Å². The van der Waals surface area contributed by atoms with Crippen molar-refractivity contribution >= 4 is 50.1 Å². The lowest BCUT2D eigenvalue weighted by Crippen LogP contribution is -2.43. The van der Waals surface area contributed by atoms with E-state index in [9.17, 15) is 9.59 Å². The molecule has 83 heavy (non-hydrogen) atoms. The van der Waals surface area contributed by atoms with Crippen LogP contribution in [0.15, 0.2) is 145 Å². The number of benzene rings is 4. The van der Waals surface area contributed by atoms with Crippen molar-refractivity contribution in [2.24, 2.45) is 42.0 Å². The quantitative estimate of drug-likeness (QED) is 0.0539. The second-order valence-electron chi connectivity index (χ2n) is 23.3. The molecule has 10 N–H and O–H groups in total. The fraction of sp³-hybridized carbons (Fsp3) is 0.333. The number of para-hydroxylation sites is 1. The van der Waals surface area contributed by atoms with E-state index in [1.165, 1.54) is 64.3 Å². The Morgan fingerprint density at radius 3 is 2.33 bits per heavy atom. The lowest BCUT2D eigenvalue weighted by atomic mass is 9.72. The summed E-state index contributed by atoms with van der Waals surface area (Å²) in [4.78, 5) is 50.1. The molecule has 0 aliphatic heterocycles. The summed E-state index contributed by atoms with van der Waals surface area (Å²) in [7, 11) is 2.04. The zero-order valence-corrected chi connectivity index (χ0v) is 47.5. The van der Waals surface area contributed by atoms with Crippen LogP contribution in [0.1, 0.15) is 107 Å². The minimum atomic E-state index is -0.514. The summed E-state index contributed by atoms with van der Waals surface area (Å²) in [5.74, 6) is 3.35. The highest BCUT2D eigenvalue weighted by molar-refractivity contribution is 5.98. The van der Waals surface area contributed by atoms with Crippen LogP contribution in [0.5, 0.6) is 0 Å². The molecule has 424 valence electrons. The number of anilines is 1. The number of rotatable bonds is 14. The van der Waals surface area contributed by atoms with Crippen LogP contribution in [0.4, 0.5) is 5.69 Å². The molecule has 17 heteroatoms. The number of carbonyl (C=O) groups excluding carboxylic acids is 1. The van der Waals surface area contributed by atoms with Crippen LogP contribution in [-0.2, 0) is 36.6 Å². The second kappa shape index (κ2) is 23.7. The Labute approximate surface area is 482 Å². The highest BCUT2D eigenvalue weighted by Crippen LogP contribution is 2.41. The van der Waals surface area contributed by atoms with Gasteiger partial charge in [0, 0.05) is 94.4 Å². The molecule has 0 saturated heterocycles. The van der Waals surface area contributed by atoms with Gasteiger partial charge < -0.3 is 32.5 Å². The monoisotopic (exact) mass is 1110 g/mol. The molecule has 0 unspecified atom stereocenters. The number of fused-ring (bicyclic) bond motifs is 5. The van der Waals surface area contributed by atoms with Gasteiger partial charge >= 0.3 is 5.69 Å². The first-order valence-electron chi connectivity index (χ1n) is 29.4. The summed E-state index contributed by atoms with van der Waals surface area (Å²) >= 11 is 0. The van der Waals surface area contributed by atoms with Gasteiger partial charge in [-0.05, 0) is 141 Å². The molecule has 3 aliphatic rings. The van der Waals surface area contributed by atoms with Gasteiger partial charge in [-0.25, -0.2) is 34.2 Å². The van der Waals surface area contributed by atoms with E-state index in [-0.39, 0.29) is 23.1 Å². The predicted molar refractivity (Wildman–Crippen MR) is 329 cm³/mol. The van der Waals surface area contributed by atoms with Crippen molar-refractivity contribution < 1.29 is 4.79 Å². The molecule has 0 radical (unpaired) electrons. The zero-order chi connectivity index (χ0) is 57.2. The first-order chi connectivity index (χ1) is 40.4. The van der Waals surface area contributed by atoms with E-state index < -0.39 is 6.04 Å². The van der Waals surface area contributed by atoms with Crippen LogP contribution in [0.3, 0.4) is 0 Å². The highest BCUT2D eigenvalue weighted by atomic mass is 16.2. The summed E-state index contributed by atoms with van der Waals surface area (Å²) in [6.45, 7) is 4.02. The van der Waals surface area contributed by atoms with Crippen LogP contribution in [0, 0.1) is 17.8 Å². The van der Waals surface area contributed by atoms with Crippen LogP contribution in [0.25, 0.3) is 72.1 Å². The molecule has 4 aromatic carbocycles. The maximum atomic E-state index is 12.3. The fourth-order valence-corrected chi connectivity index (χ4v) is 11.7. The number of carbonyl (C=O) groups is 1. The topological polar surface area (TPSA) is 258 Å². The van der Waals surface area contributed by atoms with Crippen molar-refractivity contribution in [3.8, 4) is 33.6 Å². The molecule has 7 aromatic heterocycles. The molecule has 0 bridgehead atoms. The smallest absolute Gasteiger partial charge is 0.347 e. The molecule has 3 fully saturated rings. The maximum Gasteiger partial charge on any atom is 0.347 e. The number of H-pyrrole nitrogens is 3. The van der Waals surface area contributed by atoms with E-state index >= 15 is 0 Å². The van der Waals surface area contributed by atoms with Gasteiger partial charge in [0.15, 0.2) is 5.65 Å². The average Bonchev–Trinajstić information content (AvgIpc) is 3.95.